The van der Waals surface area contributed by atoms with Gasteiger partial charge in [0.2, 0.25) is 5.95 Å². The molecule has 2 atom stereocenters. The van der Waals surface area contributed by atoms with Gasteiger partial charge in [0.25, 0.3) is 0 Å². The molecule has 3 rings (SSSR count). The van der Waals surface area contributed by atoms with E-state index in [1.54, 1.807) is 12.1 Å². The lowest BCUT2D eigenvalue weighted by atomic mass is 9.76. The van der Waals surface area contributed by atoms with Crippen molar-refractivity contribution >= 4 is 5.78 Å². The molecule has 2 aliphatic rings. The highest BCUT2D eigenvalue weighted by atomic mass is 19.1. The smallest absolute Gasteiger partial charge is 0.213 e. The maximum Gasteiger partial charge on any atom is 0.213 e. The Bertz CT molecular complexity index is 477. The van der Waals surface area contributed by atoms with E-state index in [0.29, 0.717) is 12.1 Å². The molecule has 0 saturated carbocycles. The summed E-state index contributed by atoms with van der Waals surface area (Å²) in [4.78, 5) is 18.6. The molecule has 3 heterocycles. The predicted molar refractivity (Wildman–Crippen MR) is 70.4 cm³/mol. The van der Waals surface area contributed by atoms with Crippen LogP contribution in [0.2, 0.25) is 0 Å². The van der Waals surface area contributed by atoms with E-state index in [1.807, 2.05) is 0 Å². The van der Waals surface area contributed by atoms with Crippen molar-refractivity contribution < 1.29 is 9.18 Å². The molecule has 0 spiro atoms. The van der Waals surface area contributed by atoms with E-state index in [0.717, 1.165) is 12.8 Å². The molecule has 2 aliphatic heterocycles. The zero-order chi connectivity index (χ0) is 13.4. The third-order valence-corrected chi connectivity index (χ3v) is 4.68. The highest BCUT2D eigenvalue weighted by Gasteiger charge is 2.39. The normalized spacial score (nSPS) is 31.2. The average Bonchev–Trinajstić information content (AvgIpc) is 2.37. The van der Waals surface area contributed by atoms with Crippen LogP contribution in [0, 0.1) is 11.9 Å². The SMILES string of the molecule is CN1C2CCCC1CC(C(=O)c1cccc(F)n1)C2. The second-order valence-electron chi connectivity index (χ2n) is 5.78. The molecule has 2 unspecified atom stereocenters. The van der Waals surface area contributed by atoms with Crippen molar-refractivity contribution in [3.8, 4) is 0 Å². The van der Waals surface area contributed by atoms with Gasteiger partial charge in [-0.1, -0.05) is 12.5 Å². The van der Waals surface area contributed by atoms with E-state index in [-0.39, 0.29) is 17.4 Å². The Hall–Kier alpha value is -1.29. The van der Waals surface area contributed by atoms with Crippen LogP contribution >= 0.6 is 0 Å². The number of pyridine rings is 1. The number of hydrogen-bond donors (Lipinski definition) is 0. The minimum atomic E-state index is -0.570. The summed E-state index contributed by atoms with van der Waals surface area (Å²) in [5, 5.41) is 0. The summed E-state index contributed by atoms with van der Waals surface area (Å²) in [6.07, 6.45) is 5.40. The van der Waals surface area contributed by atoms with E-state index in [1.165, 1.54) is 25.3 Å². The maximum atomic E-state index is 13.1. The summed E-state index contributed by atoms with van der Waals surface area (Å²) in [7, 11) is 2.16. The van der Waals surface area contributed by atoms with Gasteiger partial charge in [0.15, 0.2) is 5.78 Å². The maximum absolute atomic E-state index is 13.1. The highest BCUT2D eigenvalue weighted by molar-refractivity contribution is 5.96. The fourth-order valence-corrected chi connectivity index (χ4v) is 3.58. The third kappa shape index (κ3) is 2.41. The molecule has 0 aliphatic carbocycles. The van der Waals surface area contributed by atoms with Crippen molar-refractivity contribution in [2.45, 2.75) is 44.2 Å². The van der Waals surface area contributed by atoms with Crippen LogP contribution in [-0.2, 0) is 0 Å². The Labute approximate surface area is 112 Å². The standard InChI is InChI=1S/C15H19FN2O/c1-18-11-4-2-5-12(18)9-10(8-11)15(19)13-6-3-7-14(16)17-13/h3,6-7,10-12H,2,4-5,8-9H2,1H3. The lowest BCUT2D eigenvalue weighted by Crippen LogP contribution is -2.51. The Morgan fingerprint density at radius 2 is 2.00 bits per heavy atom. The Kier molecular flexibility index (Phi) is 3.35. The first-order valence-electron chi connectivity index (χ1n) is 7.04. The van der Waals surface area contributed by atoms with Gasteiger partial charge in [0.1, 0.15) is 5.69 Å². The molecule has 4 heteroatoms. The average molecular weight is 262 g/mol. The number of hydrogen-bond acceptors (Lipinski definition) is 3. The summed E-state index contributed by atoms with van der Waals surface area (Å²) >= 11 is 0. The summed E-state index contributed by atoms with van der Waals surface area (Å²) in [5.41, 5.74) is 0.285. The van der Waals surface area contributed by atoms with Crippen molar-refractivity contribution in [2.75, 3.05) is 7.05 Å². The molecule has 0 radical (unpaired) electrons. The van der Waals surface area contributed by atoms with E-state index in [9.17, 15) is 9.18 Å². The third-order valence-electron chi connectivity index (χ3n) is 4.68. The minimum absolute atomic E-state index is 0.0146. The van der Waals surface area contributed by atoms with Crippen molar-refractivity contribution in [3.05, 3.63) is 29.8 Å². The number of fused-ring (bicyclic) bond motifs is 2. The lowest BCUT2D eigenvalue weighted by Gasteiger charge is -2.46. The van der Waals surface area contributed by atoms with Gasteiger partial charge in [-0.15, -0.1) is 0 Å². The predicted octanol–water partition coefficient (Wildman–Crippen LogP) is 2.67. The van der Waals surface area contributed by atoms with Crippen molar-refractivity contribution in [1.82, 2.24) is 9.88 Å². The number of nitrogens with zero attached hydrogens (tertiary/aromatic N) is 2. The van der Waals surface area contributed by atoms with Crippen LogP contribution in [-0.4, -0.2) is 34.8 Å². The Balaban J connectivity index is 1.78. The van der Waals surface area contributed by atoms with Crippen LogP contribution in [0.15, 0.2) is 18.2 Å². The van der Waals surface area contributed by atoms with Gasteiger partial charge in [-0.3, -0.25) is 4.79 Å². The van der Waals surface area contributed by atoms with Gasteiger partial charge < -0.3 is 4.90 Å². The second-order valence-corrected chi connectivity index (χ2v) is 5.78. The monoisotopic (exact) mass is 262 g/mol. The molecule has 2 bridgehead atoms. The van der Waals surface area contributed by atoms with Crippen LogP contribution in [0.1, 0.15) is 42.6 Å². The molecular weight excluding hydrogens is 243 g/mol. The quantitative estimate of drug-likeness (QED) is 0.607. The number of ketones is 1. The summed E-state index contributed by atoms with van der Waals surface area (Å²) in [6.45, 7) is 0. The van der Waals surface area contributed by atoms with Crippen LogP contribution in [0.4, 0.5) is 4.39 Å². The molecule has 19 heavy (non-hydrogen) atoms. The van der Waals surface area contributed by atoms with E-state index in [2.05, 4.69) is 16.9 Å². The number of carbonyl (C=O) groups is 1. The van der Waals surface area contributed by atoms with Crippen LogP contribution < -0.4 is 0 Å². The van der Waals surface area contributed by atoms with Crippen molar-refractivity contribution in [1.29, 1.82) is 0 Å². The van der Waals surface area contributed by atoms with Gasteiger partial charge in [-0.05, 0) is 44.9 Å². The number of rotatable bonds is 2. The summed E-state index contributed by atoms with van der Waals surface area (Å²) < 4.78 is 13.1. The van der Waals surface area contributed by atoms with Crippen LogP contribution in [0.25, 0.3) is 0 Å². The van der Waals surface area contributed by atoms with Gasteiger partial charge in [0, 0.05) is 18.0 Å². The van der Waals surface area contributed by atoms with Gasteiger partial charge in [-0.2, -0.15) is 4.39 Å². The molecule has 0 N–H and O–H groups in total. The van der Waals surface area contributed by atoms with Crippen molar-refractivity contribution in [2.24, 2.45) is 5.92 Å². The van der Waals surface area contributed by atoms with Gasteiger partial charge >= 0.3 is 0 Å². The fraction of sp³-hybridized carbons (Fsp3) is 0.600. The largest absolute Gasteiger partial charge is 0.300 e. The topological polar surface area (TPSA) is 33.2 Å². The summed E-state index contributed by atoms with van der Waals surface area (Å²) in [5.74, 6) is -0.538. The number of piperidine rings is 2. The first-order chi connectivity index (χ1) is 9.15. The number of Topliss-reactive ketones (excluding diaryl/α,β-unsaturated/α-hetero) is 1. The molecule has 2 saturated heterocycles. The molecule has 0 amide bonds. The number of aromatic nitrogens is 1. The van der Waals surface area contributed by atoms with Crippen LogP contribution in [0.3, 0.4) is 0 Å². The molecule has 1 aromatic rings. The lowest BCUT2D eigenvalue weighted by molar-refractivity contribution is 0.0336. The molecule has 2 fully saturated rings. The zero-order valence-corrected chi connectivity index (χ0v) is 11.2. The molecule has 102 valence electrons. The Morgan fingerprint density at radius 3 is 2.63 bits per heavy atom. The molecule has 3 nitrogen and oxygen atoms in total. The fourth-order valence-electron chi connectivity index (χ4n) is 3.58. The highest BCUT2D eigenvalue weighted by Crippen LogP contribution is 2.36. The van der Waals surface area contributed by atoms with Crippen molar-refractivity contribution in [3.63, 3.8) is 0 Å². The zero-order valence-electron chi connectivity index (χ0n) is 11.2. The minimum Gasteiger partial charge on any atom is -0.300 e. The van der Waals surface area contributed by atoms with E-state index < -0.39 is 5.95 Å². The van der Waals surface area contributed by atoms with E-state index >= 15 is 0 Å². The number of carbonyl (C=O) groups excluding carboxylic acids is 1. The molecule has 0 aromatic carbocycles. The first kappa shape index (κ1) is 12.7. The molecule has 1 aromatic heterocycles. The summed E-state index contributed by atoms with van der Waals surface area (Å²) in [6, 6.07) is 5.48. The van der Waals surface area contributed by atoms with Gasteiger partial charge in [-0.25, -0.2) is 4.98 Å². The Morgan fingerprint density at radius 1 is 1.32 bits per heavy atom. The van der Waals surface area contributed by atoms with Gasteiger partial charge in [0.05, 0.1) is 0 Å². The van der Waals surface area contributed by atoms with E-state index in [4.69, 9.17) is 0 Å². The second kappa shape index (κ2) is 5.00. The molecular formula is C15H19FN2O. The first-order valence-corrected chi connectivity index (χ1v) is 7.04. The number of halogens is 1. The van der Waals surface area contributed by atoms with Crippen LogP contribution in [0.5, 0.6) is 0 Å².